The second-order valence-corrected chi connectivity index (χ2v) is 9.02. The van der Waals surface area contributed by atoms with Gasteiger partial charge in [0, 0.05) is 24.0 Å². The normalized spacial score (nSPS) is 10.7. The zero-order chi connectivity index (χ0) is 25.1. The van der Waals surface area contributed by atoms with Crippen LogP contribution in [0.25, 0.3) is 11.3 Å². The van der Waals surface area contributed by atoms with Crippen molar-refractivity contribution in [1.29, 1.82) is 0 Å². The lowest BCUT2D eigenvalue weighted by Gasteiger charge is -2.16. The number of ether oxygens (including phenoxy) is 1. The van der Waals surface area contributed by atoms with Gasteiger partial charge in [0.1, 0.15) is 5.75 Å². The maximum absolute atomic E-state index is 9.87. The van der Waals surface area contributed by atoms with Gasteiger partial charge in [-0.05, 0) is 84.1 Å². The van der Waals surface area contributed by atoms with Crippen molar-refractivity contribution in [3.8, 4) is 17.2 Å². The lowest BCUT2D eigenvalue weighted by atomic mass is 9.97. The first-order valence-electron chi connectivity index (χ1n) is 10.3. The number of aromatic hydroxyl groups is 1. The van der Waals surface area contributed by atoms with Gasteiger partial charge in [-0.25, -0.2) is 0 Å². The highest BCUT2D eigenvalue weighted by Gasteiger charge is 2.14. The van der Waals surface area contributed by atoms with Crippen molar-refractivity contribution in [2.24, 2.45) is 0 Å². The molecule has 1 heterocycles. The second kappa shape index (κ2) is 10.6. The number of hydrogen-bond donors (Lipinski definition) is 5. The topological polar surface area (TPSA) is 90.0 Å². The average molecular weight is 547 g/mol. The fourth-order valence-electron chi connectivity index (χ4n) is 3.48. The summed E-state index contributed by atoms with van der Waals surface area (Å²) in [6, 6.07) is 16.5. The molecule has 5 N–H and O–H groups in total. The van der Waals surface area contributed by atoms with E-state index in [1.54, 1.807) is 16.7 Å². The van der Waals surface area contributed by atoms with Crippen LogP contribution in [0.2, 0.25) is 10.0 Å². The molecule has 0 aliphatic carbocycles. The third-order valence-electron chi connectivity index (χ3n) is 5.25. The molecule has 0 saturated heterocycles. The van der Waals surface area contributed by atoms with Crippen LogP contribution in [-0.4, -0.2) is 33.6 Å². The lowest BCUT2D eigenvalue weighted by Crippen LogP contribution is -2.09. The van der Waals surface area contributed by atoms with Gasteiger partial charge in [-0.1, -0.05) is 35.8 Å². The summed E-state index contributed by atoms with van der Waals surface area (Å²) in [5.41, 5.74) is 4.67. The van der Waals surface area contributed by atoms with Crippen molar-refractivity contribution in [2.75, 3.05) is 24.4 Å². The van der Waals surface area contributed by atoms with Crippen LogP contribution in [0, 0.1) is 9.54 Å². The third-order valence-corrected chi connectivity index (χ3v) is 6.40. The maximum Gasteiger partial charge on any atom is 0.198 e. The molecule has 0 unspecified atom stereocenters. The van der Waals surface area contributed by atoms with Crippen LogP contribution < -0.4 is 15.4 Å². The zero-order valence-corrected chi connectivity index (χ0v) is 21.6. The van der Waals surface area contributed by atoms with E-state index < -0.39 is 0 Å². The number of aromatic amines is 2. The molecule has 35 heavy (non-hydrogen) atoms. The Morgan fingerprint density at radius 1 is 1.06 bits per heavy atom. The Bertz CT molecular complexity index is 1480. The van der Waals surface area contributed by atoms with E-state index in [0.29, 0.717) is 26.4 Å². The highest BCUT2D eigenvalue weighted by Crippen LogP contribution is 2.38. The first-order chi connectivity index (χ1) is 16.8. The Morgan fingerprint density at radius 2 is 1.74 bits per heavy atom. The average Bonchev–Trinajstić information content (AvgIpc) is 3.19. The molecule has 0 aliphatic heterocycles. The van der Waals surface area contributed by atoms with Gasteiger partial charge < -0.3 is 20.5 Å². The number of H-pyrrole nitrogens is 2. The second-order valence-electron chi connectivity index (χ2n) is 7.44. The van der Waals surface area contributed by atoms with Crippen LogP contribution in [0.15, 0.2) is 61.2 Å². The number of halogens is 2. The molecule has 1 aromatic heterocycles. The fraction of sp³-hybridized carbons (Fsp3) is 0.0833. The highest BCUT2D eigenvalue weighted by atomic mass is 35.5. The number of rotatable bonds is 8. The van der Waals surface area contributed by atoms with Crippen molar-refractivity contribution in [1.82, 2.24) is 14.8 Å². The van der Waals surface area contributed by atoms with Crippen LogP contribution in [0.1, 0.15) is 11.1 Å². The van der Waals surface area contributed by atoms with Gasteiger partial charge in [0.05, 0.1) is 15.7 Å². The van der Waals surface area contributed by atoms with Crippen LogP contribution in [0.5, 0.6) is 11.5 Å². The molecule has 0 atom stereocenters. The number of phenols is 1. The summed E-state index contributed by atoms with van der Waals surface area (Å²) in [5.74, 6) is 0.474. The van der Waals surface area contributed by atoms with Crippen molar-refractivity contribution in [3.05, 3.63) is 91.9 Å². The number of nitrogens with one attached hydrogen (secondary N) is 4. The van der Waals surface area contributed by atoms with Crippen LogP contribution in [0.3, 0.4) is 0 Å². The lowest BCUT2D eigenvalue weighted by molar-refractivity contribution is 0.347. The Kier molecular flexibility index (Phi) is 7.51. The predicted molar refractivity (Wildman–Crippen MR) is 148 cm³/mol. The summed E-state index contributed by atoms with van der Waals surface area (Å²) in [7, 11) is 1.82. The number of nitrogens with zero attached hydrogens (tertiary/aromatic N) is 1. The number of aromatic nitrogens is 3. The summed E-state index contributed by atoms with van der Waals surface area (Å²) in [4.78, 5) is 0. The molecular formula is C24H21Cl2N5O2S2. The largest absolute Gasteiger partial charge is 0.505 e. The summed E-state index contributed by atoms with van der Waals surface area (Å²) >= 11 is 22.8. The zero-order valence-electron chi connectivity index (χ0n) is 18.5. The quantitative estimate of drug-likeness (QED) is 0.119. The Hall–Kier alpha value is -3.24. The summed E-state index contributed by atoms with van der Waals surface area (Å²) in [6.07, 6.45) is 0. The molecule has 180 valence electrons. The molecule has 0 bridgehead atoms. The molecule has 3 aromatic carbocycles. The molecule has 0 aliphatic rings. The Labute approximate surface area is 222 Å². The van der Waals surface area contributed by atoms with E-state index in [2.05, 4.69) is 27.4 Å². The van der Waals surface area contributed by atoms with Crippen molar-refractivity contribution in [2.45, 2.75) is 0 Å². The van der Waals surface area contributed by atoms with Gasteiger partial charge in [-0.2, -0.15) is 0 Å². The van der Waals surface area contributed by atoms with E-state index in [1.165, 1.54) is 0 Å². The monoisotopic (exact) mass is 545 g/mol. The molecule has 4 rings (SSSR count). The predicted octanol–water partition coefficient (Wildman–Crippen LogP) is 7.16. The summed E-state index contributed by atoms with van der Waals surface area (Å²) < 4.78 is 8.64. The number of benzene rings is 3. The fourth-order valence-corrected chi connectivity index (χ4v) is 4.52. The molecular weight excluding hydrogens is 525 g/mol. The van der Waals surface area contributed by atoms with Crippen LogP contribution in [-0.2, 0) is 0 Å². The molecule has 0 spiro atoms. The van der Waals surface area contributed by atoms with Gasteiger partial charge in [-0.15, -0.1) is 0 Å². The van der Waals surface area contributed by atoms with Gasteiger partial charge in [-0.3, -0.25) is 14.8 Å². The van der Waals surface area contributed by atoms with Gasteiger partial charge in [0.15, 0.2) is 22.0 Å². The molecule has 0 radical (unpaired) electrons. The summed E-state index contributed by atoms with van der Waals surface area (Å²) in [6.45, 7) is 4.42. The molecule has 7 nitrogen and oxygen atoms in total. The minimum Gasteiger partial charge on any atom is -0.505 e. The SMILES string of the molecule is C=C(c1cc(Cl)c(O)c(Cl)c1)c1cc(OCNc2cccc(-n3c(=S)[nH][nH]c3=S)c2)ccc1NC. The van der Waals surface area contributed by atoms with Crippen molar-refractivity contribution >= 4 is 64.6 Å². The van der Waals surface area contributed by atoms with Gasteiger partial charge >= 0.3 is 0 Å². The van der Waals surface area contributed by atoms with E-state index in [1.807, 2.05) is 49.5 Å². The third kappa shape index (κ3) is 5.38. The van der Waals surface area contributed by atoms with E-state index in [0.717, 1.165) is 22.6 Å². The number of anilines is 2. The molecule has 4 aromatic rings. The minimum absolute atomic E-state index is 0.153. The first kappa shape index (κ1) is 24.9. The van der Waals surface area contributed by atoms with Gasteiger partial charge in [0.25, 0.3) is 0 Å². The highest BCUT2D eigenvalue weighted by molar-refractivity contribution is 7.72. The number of hydrogen-bond acceptors (Lipinski definition) is 6. The van der Waals surface area contributed by atoms with Crippen molar-refractivity contribution < 1.29 is 9.84 Å². The molecule has 0 saturated carbocycles. The Morgan fingerprint density at radius 3 is 2.40 bits per heavy atom. The van der Waals surface area contributed by atoms with E-state index in [4.69, 9.17) is 52.4 Å². The maximum atomic E-state index is 9.87. The van der Waals surface area contributed by atoms with Crippen molar-refractivity contribution in [3.63, 3.8) is 0 Å². The minimum atomic E-state index is -0.160. The molecule has 0 fully saturated rings. The van der Waals surface area contributed by atoms with Gasteiger partial charge in [0.2, 0.25) is 0 Å². The molecule has 0 amide bonds. The van der Waals surface area contributed by atoms with Crippen LogP contribution in [0.4, 0.5) is 11.4 Å². The first-order valence-corrected chi connectivity index (χ1v) is 11.9. The molecule has 11 heteroatoms. The van der Waals surface area contributed by atoms with E-state index in [-0.39, 0.29) is 22.5 Å². The van der Waals surface area contributed by atoms with E-state index in [9.17, 15) is 5.11 Å². The Balaban J connectivity index is 1.51. The summed E-state index contributed by atoms with van der Waals surface area (Å²) in [5, 5.41) is 22.2. The standard InChI is InChI=1S/C24H21Cl2N5O2S2/c1-13(14-8-19(25)22(32)20(26)9-14)18-11-17(6-7-21(18)27-2)33-12-28-15-4-3-5-16(10-15)31-23(34)29-30-24(31)35/h3-11,27-28,32H,1,12H2,2H3,(H,29,34)(H,30,35). The van der Waals surface area contributed by atoms with E-state index >= 15 is 0 Å². The van der Waals surface area contributed by atoms with Crippen LogP contribution >= 0.6 is 47.6 Å². The number of phenolic OH excluding ortho intramolecular Hbond substituents is 1. The smallest absolute Gasteiger partial charge is 0.198 e.